The number of nitrogens with zero attached hydrogens (tertiary/aromatic N) is 2. The van der Waals surface area contributed by atoms with Gasteiger partial charge in [-0.25, -0.2) is 17.6 Å². The second-order valence-corrected chi connectivity index (χ2v) is 8.32. The highest BCUT2D eigenvalue weighted by Gasteiger charge is 2.29. The first-order valence-electron chi connectivity index (χ1n) is 8.66. The van der Waals surface area contributed by atoms with Gasteiger partial charge in [0.05, 0.1) is 0 Å². The number of anilines is 1. The second kappa shape index (κ2) is 8.45. The van der Waals surface area contributed by atoms with Crippen molar-refractivity contribution in [1.82, 2.24) is 14.6 Å². The Labute approximate surface area is 157 Å². The number of halogens is 1. The number of benzene rings is 1. The van der Waals surface area contributed by atoms with Crippen LogP contribution in [0.2, 0.25) is 0 Å². The van der Waals surface area contributed by atoms with E-state index in [1.54, 1.807) is 6.07 Å². The molecule has 2 heterocycles. The largest absolute Gasteiger partial charge is 0.338 e. The number of hydrogen-bond acceptors (Lipinski definition) is 4. The summed E-state index contributed by atoms with van der Waals surface area (Å²) in [5, 5.41) is 5.41. The van der Waals surface area contributed by atoms with E-state index in [2.05, 4.69) is 15.6 Å². The van der Waals surface area contributed by atoms with Crippen molar-refractivity contribution in [3.8, 4) is 0 Å². The lowest BCUT2D eigenvalue weighted by Gasteiger charge is -2.31. The van der Waals surface area contributed by atoms with Crippen molar-refractivity contribution >= 4 is 21.7 Å². The standard InChI is InChI=1S/C18H21FN4O3S/c19-15-3-5-16(6-4-15)22-18(24)21-12-14-7-10-23(11-8-14)27(25,26)17-2-1-9-20-13-17/h1-6,9,13-14H,7-8,10-12H2,(H2,21,22,24). The van der Waals surface area contributed by atoms with Crippen LogP contribution in [-0.4, -0.2) is 43.4 Å². The molecular weight excluding hydrogens is 371 g/mol. The maximum Gasteiger partial charge on any atom is 0.319 e. The van der Waals surface area contributed by atoms with Crippen LogP contribution in [0.5, 0.6) is 0 Å². The number of rotatable bonds is 5. The minimum absolute atomic E-state index is 0.195. The molecule has 1 aromatic heterocycles. The number of pyridine rings is 1. The van der Waals surface area contributed by atoms with Crippen molar-refractivity contribution in [2.24, 2.45) is 5.92 Å². The van der Waals surface area contributed by atoms with E-state index in [4.69, 9.17) is 0 Å². The highest BCUT2D eigenvalue weighted by molar-refractivity contribution is 7.89. The SMILES string of the molecule is O=C(NCC1CCN(S(=O)(=O)c2cccnc2)CC1)Nc1ccc(F)cc1. The van der Waals surface area contributed by atoms with E-state index in [-0.39, 0.29) is 22.7 Å². The van der Waals surface area contributed by atoms with E-state index in [0.717, 1.165) is 0 Å². The fraction of sp³-hybridized carbons (Fsp3) is 0.333. The Hall–Kier alpha value is -2.52. The van der Waals surface area contributed by atoms with E-state index in [1.807, 2.05) is 0 Å². The number of sulfonamides is 1. The quantitative estimate of drug-likeness (QED) is 0.818. The van der Waals surface area contributed by atoms with Gasteiger partial charge in [-0.2, -0.15) is 4.31 Å². The van der Waals surface area contributed by atoms with Crippen LogP contribution in [0.4, 0.5) is 14.9 Å². The maximum absolute atomic E-state index is 12.9. The summed E-state index contributed by atoms with van der Waals surface area (Å²) in [4.78, 5) is 16.0. The van der Waals surface area contributed by atoms with Crippen LogP contribution in [0.15, 0.2) is 53.7 Å². The zero-order valence-electron chi connectivity index (χ0n) is 14.6. The Morgan fingerprint density at radius 3 is 2.52 bits per heavy atom. The predicted molar refractivity (Wildman–Crippen MR) is 99.1 cm³/mol. The molecule has 7 nitrogen and oxygen atoms in total. The molecule has 0 saturated carbocycles. The first-order chi connectivity index (χ1) is 12.9. The van der Waals surface area contributed by atoms with Gasteiger partial charge in [0, 0.05) is 37.7 Å². The first kappa shape index (κ1) is 19.2. The summed E-state index contributed by atoms with van der Waals surface area (Å²) < 4.78 is 39.5. The van der Waals surface area contributed by atoms with E-state index >= 15 is 0 Å². The lowest BCUT2D eigenvalue weighted by molar-refractivity contribution is 0.240. The van der Waals surface area contributed by atoms with Crippen molar-refractivity contribution in [2.45, 2.75) is 17.7 Å². The average Bonchev–Trinajstić information content (AvgIpc) is 2.69. The lowest BCUT2D eigenvalue weighted by Crippen LogP contribution is -2.42. The number of nitrogens with one attached hydrogen (secondary N) is 2. The van der Waals surface area contributed by atoms with Crippen LogP contribution in [0.1, 0.15) is 12.8 Å². The number of aromatic nitrogens is 1. The molecule has 27 heavy (non-hydrogen) atoms. The highest BCUT2D eigenvalue weighted by Crippen LogP contribution is 2.23. The number of hydrogen-bond donors (Lipinski definition) is 2. The summed E-state index contributed by atoms with van der Waals surface area (Å²) in [6, 6.07) is 8.28. The fourth-order valence-corrected chi connectivity index (χ4v) is 4.38. The molecule has 0 radical (unpaired) electrons. The molecule has 0 spiro atoms. The third kappa shape index (κ3) is 5.01. The van der Waals surface area contributed by atoms with Gasteiger partial charge < -0.3 is 10.6 Å². The van der Waals surface area contributed by atoms with Gasteiger partial charge in [0.15, 0.2) is 0 Å². The third-order valence-electron chi connectivity index (χ3n) is 4.50. The average molecular weight is 392 g/mol. The predicted octanol–water partition coefficient (Wildman–Crippen LogP) is 2.44. The lowest BCUT2D eigenvalue weighted by atomic mass is 9.98. The van der Waals surface area contributed by atoms with Gasteiger partial charge in [0.2, 0.25) is 10.0 Å². The van der Waals surface area contributed by atoms with Crippen LogP contribution < -0.4 is 10.6 Å². The van der Waals surface area contributed by atoms with E-state index < -0.39 is 10.0 Å². The first-order valence-corrected chi connectivity index (χ1v) is 10.1. The molecular formula is C18H21FN4O3S. The summed E-state index contributed by atoms with van der Waals surface area (Å²) in [6.45, 7) is 1.26. The van der Waals surface area contributed by atoms with Crippen LogP contribution in [0.3, 0.4) is 0 Å². The summed E-state index contributed by atoms with van der Waals surface area (Å²) in [5.41, 5.74) is 0.506. The Bertz CT molecular complexity index is 867. The van der Waals surface area contributed by atoms with E-state index in [1.165, 1.54) is 47.0 Å². The van der Waals surface area contributed by atoms with Crippen LogP contribution in [-0.2, 0) is 10.0 Å². The number of carbonyl (C=O) groups excluding carboxylic acids is 1. The molecule has 0 aliphatic carbocycles. The van der Waals surface area contributed by atoms with Gasteiger partial charge in [-0.1, -0.05) is 0 Å². The Balaban J connectivity index is 1.45. The minimum Gasteiger partial charge on any atom is -0.338 e. The molecule has 3 rings (SSSR count). The molecule has 2 N–H and O–H groups in total. The van der Waals surface area contributed by atoms with E-state index in [0.29, 0.717) is 38.2 Å². The molecule has 0 unspecified atom stereocenters. The van der Waals surface area contributed by atoms with Crippen LogP contribution >= 0.6 is 0 Å². The minimum atomic E-state index is -3.52. The number of amides is 2. The topological polar surface area (TPSA) is 91.4 Å². The van der Waals surface area contributed by atoms with E-state index in [9.17, 15) is 17.6 Å². The van der Waals surface area contributed by atoms with Crippen molar-refractivity contribution in [1.29, 1.82) is 0 Å². The molecule has 0 atom stereocenters. The summed E-state index contributed by atoms with van der Waals surface area (Å²) >= 11 is 0. The molecule has 1 aromatic carbocycles. The van der Waals surface area contributed by atoms with Gasteiger partial charge >= 0.3 is 6.03 Å². The van der Waals surface area contributed by atoms with Gasteiger partial charge in [-0.05, 0) is 55.2 Å². The summed E-state index contributed by atoms with van der Waals surface area (Å²) in [6.07, 6.45) is 4.21. The molecule has 1 saturated heterocycles. The van der Waals surface area contributed by atoms with Gasteiger partial charge in [0.25, 0.3) is 0 Å². The third-order valence-corrected chi connectivity index (χ3v) is 6.38. The van der Waals surface area contributed by atoms with Crippen LogP contribution in [0, 0.1) is 11.7 Å². The molecule has 2 amide bonds. The number of urea groups is 1. The smallest absolute Gasteiger partial charge is 0.319 e. The van der Waals surface area contributed by atoms with Crippen molar-refractivity contribution in [3.05, 3.63) is 54.6 Å². The van der Waals surface area contributed by atoms with Crippen LogP contribution in [0.25, 0.3) is 0 Å². The molecule has 0 bridgehead atoms. The van der Waals surface area contributed by atoms with Gasteiger partial charge in [-0.3, -0.25) is 4.98 Å². The Morgan fingerprint density at radius 1 is 1.19 bits per heavy atom. The maximum atomic E-state index is 12.9. The summed E-state index contributed by atoms with van der Waals surface area (Å²) in [7, 11) is -3.52. The molecule has 1 aliphatic heterocycles. The molecule has 2 aromatic rings. The normalized spacial score (nSPS) is 16.0. The zero-order chi connectivity index (χ0) is 19.3. The number of piperidine rings is 1. The fourth-order valence-electron chi connectivity index (χ4n) is 2.95. The Kier molecular flexibility index (Phi) is 6.02. The highest BCUT2D eigenvalue weighted by atomic mass is 32.2. The second-order valence-electron chi connectivity index (χ2n) is 6.38. The molecule has 9 heteroatoms. The van der Waals surface area contributed by atoms with Crippen molar-refractivity contribution in [3.63, 3.8) is 0 Å². The van der Waals surface area contributed by atoms with Crippen molar-refractivity contribution in [2.75, 3.05) is 25.0 Å². The van der Waals surface area contributed by atoms with Gasteiger partial charge in [-0.15, -0.1) is 0 Å². The molecule has 1 aliphatic rings. The zero-order valence-corrected chi connectivity index (χ0v) is 15.5. The molecule has 1 fully saturated rings. The van der Waals surface area contributed by atoms with Gasteiger partial charge in [0.1, 0.15) is 10.7 Å². The summed E-state index contributed by atoms with van der Waals surface area (Å²) in [5.74, 6) is -0.168. The monoisotopic (exact) mass is 392 g/mol. The Morgan fingerprint density at radius 2 is 1.89 bits per heavy atom. The number of carbonyl (C=O) groups is 1. The van der Waals surface area contributed by atoms with Crippen molar-refractivity contribution < 1.29 is 17.6 Å². The molecule has 144 valence electrons.